The number of hydrogen-bond donors (Lipinski definition) is 2. The number of para-hydroxylation sites is 1. The summed E-state index contributed by atoms with van der Waals surface area (Å²) in [7, 11) is 0. The van der Waals surface area contributed by atoms with Crippen LogP contribution in [0.3, 0.4) is 0 Å². The lowest BCUT2D eigenvalue weighted by atomic mass is 10.1. The Bertz CT molecular complexity index is 845. The van der Waals surface area contributed by atoms with E-state index in [2.05, 4.69) is 0 Å². The Morgan fingerprint density at radius 2 is 1.78 bits per heavy atom. The first kappa shape index (κ1) is 20.3. The maximum absolute atomic E-state index is 11.9. The van der Waals surface area contributed by atoms with Crippen LogP contribution >= 0.6 is 11.9 Å². The number of nitro benzene ring substituents is 2. The molecule has 10 nitrogen and oxygen atoms in total. The van der Waals surface area contributed by atoms with Crippen molar-refractivity contribution in [2.24, 2.45) is 0 Å². The third-order valence-corrected chi connectivity index (χ3v) is 4.87. The Hall–Kier alpha value is -3.02. The standard InChI is InChI=1S/C16H16N4O6S/c1-11(16(21)17-22)18(10-12-4-2-3-5-15(12)20(25)26)27-14-8-6-13(7-9-14)19(23)24/h2-9,11,22H,10H2,1H3,(H,17,21)/t11-/m0/s1. The van der Waals surface area contributed by atoms with Gasteiger partial charge in [-0.25, -0.2) is 9.79 Å². The fourth-order valence-electron chi connectivity index (χ4n) is 2.23. The average Bonchev–Trinajstić information content (AvgIpc) is 2.66. The van der Waals surface area contributed by atoms with Gasteiger partial charge in [0.1, 0.15) is 0 Å². The van der Waals surface area contributed by atoms with Gasteiger partial charge in [0.25, 0.3) is 17.3 Å². The summed E-state index contributed by atoms with van der Waals surface area (Å²) in [5.74, 6) is -0.692. The van der Waals surface area contributed by atoms with Crippen LogP contribution in [0.2, 0.25) is 0 Å². The van der Waals surface area contributed by atoms with E-state index in [1.807, 2.05) is 0 Å². The number of nitro groups is 2. The second kappa shape index (κ2) is 9.07. The van der Waals surface area contributed by atoms with Gasteiger partial charge in [-0.2, -0.15) is 0 Å². The lowest BCUT2D eigenvalue weighted by Gasteiger charge is -2.26. The smallest absolute Gasteiger partial charge is 0.273 e. The van der Waals surface area contributed by atoms with E-state index in [4.69, 9.17) is 5.21 Å². The van der Waals surface area contributed by atoms with Crippen molar-refractivity contribution in [1.29, 1.82) is 0 Å². The third-order valence-electron chi connectivity index (χ3n) is 3.71. The van der Waals surface area contributed by atoms with Crippen molar-refractivity contribution in [3.63, 3.8) is 0 Å². The van der Waals surface area contributed by atoms with E-state index >= 15 is 0 Å². The highest BCUT2D eigenvalue weighted by Crippen LogP contribution is 2.30. The predicted molar refractivity (Wildman–Crippen MR) is 97.0 cm³/mol. The van der Waals surface area contributed by atoms with Crippen LogP contribution in [-0.2, 0) is 11.3 Å². The zero-order valence-electron chi connectivity index (χ0n) is 14.1. The van der Waals surface area contributed by atoms with E-state index in [1.165, 1.54) is 41.6 Å². The minimum Gasteiger partial charge on any atom is -0.289 e. The van der Waals surface area contributed by atoms with E-state index in [9.17, 15) is 25.0 Å². The molecule has 0 saturated heterocycles. The second-order valence-corrected chi connectivity index (χ2v) is 6.58. The van der Waals surface area contributed by atoms with Gasteiger partial charge in [0.15, 0.2) is 0 Å². The number of nitrogens with zero attached hydrogens (tertiary/aromatic N) is 3. The first-order valence-electron chi connectivity index (χ1n) is 7.68. The molecular weight excluding hydrogens is 376 g/mol. The fourth-order valence-corrected chi connectivity index (χ4v) is 3.21. The van der Waals surface area contributed by atoms with Gasteiger partial charge >= 0.3 is 0 Å². The molecule has 0 aliphatic rings. The van der Waals surface area contributed by atoms with Gasteiger partial charge in [0.2, 0.25) is 0 Å². The van der Waals surface area contributed by atoms with Crippen LogP contribution in [0.4, 0.5) is 11.4 Å². The monoisotopic (exact) mass is 392 g/mol. The molecule has 0 unspecified atom stereocenters. The van der Waals surface area contributed by atoms with Crippen LogP contribution < -0.4 is 5.48 Å². The molecule has 0 aromatic heterocycles. The summed E-state index contributed by atoms with van der Waals surface area (Å²) >= 11 is 1.09. The fraction of sp³-hybridized carbons (Fsp3) is 0.188. The van der Waals surface area contributed by atoms with Gasteiger partial charge < -0.3 is 0 Å². The number of non-ortho nitro benzene ring substituents is 1. The van der Waals surface area contributed by atoms with Crippen LogP contribution in [0.25, 0.3) is 0 Å². The molecule has 2 aromatic carbocycles. The molecule has 0 radical (unpaired) electrons. The average molecular weight is 392 g/mol. The molecule has 0 fully saturated rings. The molecule has 0 aliphatic carbocycles. The molecule has 1 amide bonds. The Kier molecular flexibility index (Phi) is 6.82. The van der Waals surface area contributed by atoms with E-state index in [1.54, 1.807) is 23.7 Å². The number of amides is 1. The minimum atomic E-state index is -0.838. The molecule has 0 saturated carbocycles. The molecule has 0 heterocycles. The van der Waals surface area contributed by atoms with E-state index < -0.39 is 21.8 Å². The molecule has 0 bridgehead atoms. The normalized spacial score (nSPS) is 11.8. The number of rotatable bonds is 8. The zero-order chi connectivity index (χ0) is 20.0. The van der Waals surface area contributed by atoms with E-state index in [0.717, 1.165) is 11.9 Å². The van der Waals surface area contributed by atoms with Crippen molar-refractivity contribution >= 4 is 29.2 Å². The number of nitrogens with one attached hydrogen (secondary N) is 1. The molecule has 27 heavy (non-hydrogen) atoms. The Balaban J connectivity index is 2.30. The van der Waals surface area contributed by atoms with Crippen LogP contribution in [0, 0.1) is 20.2 Å². The van der Waals surface area contributed by atoms with Crippen LogP contribution in [-0.4, -0.2) is 31.3 Å². The molecule has 11 heteroatoms. The minimum absolute atomic E-state index is 0.0351. The molecule has 2 N–H and O–H groups in total. The van der Waals surface area contributed by atoms with Gasteiger partial charge in [-0.1, -0.05) is 18.2 Å². The van der Waals surface area contributed by atoms with Crippen LogP contribution in [0.5, 0.6) is 0 Å². The third kappa shape index (κ3) is 5.23. The van der Waals surface area contributed by atoms with Crippen molar-refractivity contribution in [2.75, 3.05) is 0 Å². The Morgan fingerprint density at radius 1 is 1.15 bits per heavy atom. The van der Waals surface area contributed by atoms with Crippen molar-refractivity contribution in [3.05, 3.63) is 74.3 Å². The summed E-state index contributed by atoms with van der Waals surface area (Å²) in [5, 5.41) is 30.9. The number of carbonyl (C=O) groups is 1. The first-order valence-corrected chi connectivity index (χ1v) is 8.46. The van der Waals surface area contributed by atoms with Gasteiger partial charge in [0, 0.05) is 35.2 Å². The highest BCUT2D eigenvalue weighted by Gasteiger charge is 2.25. The Labute approximate surface area is 158 Å². The number of hydrogen-bond acceptors (Lipinski definition) is 8. The topological polar surface area (TPSA) is 139 Å². The lowest BCUT2D eigenvalue weighted by molar-refractivity contribution is -0.385. The van der Waals surface area contributed by atoms with Gasteiger partial charge in [-0.3, -0.25) is 30.2 Å². The van der Waals surface area contributed by atoms with Crippen molar-refractivity contribution in [1.82, 2.24) is 9.79 Å². The number of hydroxylamine groups is 1. The van der Waals surface area contributed by atoms with Crippen LogP contribution in [0.15, 0.2) is 53.4 Å². The number of carbonyl (C=O) groups excluding carboxylic acids is 1. The maximum Gasteiger partial charge on any atom is 0.273 e. The first-order chi connectivity index (χ1) is 12.8. The molecule has 0 spiro atoms. The molecule has 2 aromatic rings. The van der Waals surface area contributed by atoms with E-state index in [-0.39, 0.29) is 17.9 Å². The maximum atomic E-state index is 11.9. The largest absolute Gasteiger partial charge is 0.289 e. The highest BCUT2D eigenvalue weighted by atomic mass is 32.2. The molecule has 142 valence electrons. The van der Waals surface area contributed by atoms with Gasteiger partial charge in [-0.15, -0.1) is 0 Å². The van der Waals surface area contributed by atoms with Crippen molar-refractivity contribution in [2.45, 2.75) is 24.4 Å². The summed E-state index contributed by atoms with van der Waals surface area (Å²) in [4.78, 5) is 33.4. The predicted octanol–water partition coefficient (Wildman–Crippen LogP) is 2.91. The quantitative estimate of drug-likeness (QED) is 0.302. The highest BCUT2D eigenvalue weighted by molar-refractivity contribution is 7.97. The van der Waals surface area contributed by atoms with Gasteiger partial charge in [0.05, 0.1) is 15.9 Å². The summed E-state index contributed by atoms with van der Waals surface area (Å²) in [5.41, 5.74) is 1.77. The molecule has 0 aliphatic heterocycles. The van der Waals surface area contributed by atoms with E-state index in [0.29, 0.717) is 10.5 Å². The Morgan fingerprint density at radius 3 is 2.33 bits per heavy atom. The summed E-state index contributed by atoms with van der Waals surface area (Å²) in [6.07, 6.45) is 0. The van der Waals surface area contributed by atoms with Crippen molar-refractivity contribution < 1.29 is 19.8 Å². The molecule has 1 atom stereocenters. The van der Waals surface area contributed by atoms with Gasteiger partial charge in [-0.05, 0) is 31.0 Å². The van der Waals surface area contributed by atoms with Crippen molar-refractivity contribution in [3.8, 4) is 0 Å². The zero-order valence-corrected chi connectivity index (χ0v) is 15.0. The molecule has 2 rings (SSSR count). The molecular formula is C16H16N4O6S. The lowest BCUT2D eigenvalue weighted by Crippen LogP contribution is -2.40. The number of benzene rings is 2. The summed E-state index contributed by atoms with van der Waals surface area (Å²) in [6, 6.07) is 11.0. The summed E-state index contributed by atoms with van der Waals surface area (Å²) in [6.45, 7) is 1.56. The second-order valence-electron chi connectivity index (χ2n) is 5.46. The summed E-state index contributed by atoms with van der Waals surface area (Å²) < 4.78 is 1.54. The van der Waals surface area contributed by atoms with Crippen LogP contribution in [0.1, 0.15) is 12.5 Å². The SMILES string of the molecule is C[C@@H](C(=O)NO)N(Cc1ccccc1[N+](=O)[O-])Sc1ccc([N+](=O)[O-])cc1.